The Morgan fingerprint density at radius 3 is 2.52 bits per heavy atom. The van der Waals surface area contributed by atoms with Gasteiger partial charge in [-0.1, -0.05) is 13.8 Å². The van der Waals surface area contributed by atoms with E-state index in [0.717, 1.165) is 6.07 Å². The Hall–Kier alpha value is -3.18. The van der Waals surface area contributed by atoms with E-state index in [1.54, 1.807) is 26.0 Å². The molecular formula is C18H22N4O6S. The summed E-state index contributed by atoms with van der Waals surface area (Å²) >= 11 is 0. The van der Waals surface area contributed by atoms with Crippen molar-refractivity contribution in [1.82, 2.24) is 4.31 Å². The van der Waals surface area contributed by atoms with E-state index in [4.69, 9.17) is 4.74 Å². The van der Waals surface area contributed by atoms with Crippen LogP contribution < -0.4 is 10.2 Å². The van der Waals surface area contributed by atoms with Gasteiger partial charge in [-0.25, -0.2) is 8.42 Å². The van der Waals surface area contributed by atoms with Gasteiger partial charge in [0.2, 0.25) is 10.0 Å². The van der Waals surface area contributed by atoms with Gasteiger partial charge in [0, 0.05) is 25.2 Å². The lowest BCUT2D eigenvalue weighted by molar-refractivity contribution is -0.385. The van der Waals surface area contributed by atoms with E-state index in [9.17, 15) is 23.6 Å². The Labute approximate surface area is 168 Å². The van der Waals surface area contributed by atoms with Crippen molar-refractivity contribution < 1.29 is 23.2 Å². The smallest absolute Gasteiger partial charge is 0.270 e. The monoisotopic (exact) mass is 422 g/mol. The van der Waals surface area contributed by atoms with Crippen LogP contribution in [-0.2, 0) is 10.0 Å². The first-order valence-corrected chi connectivity index (χ1v) is 10.1. The fourth-order valence-electron chi connectivity index (χ4n) is 2.58. The standard InChI is InChI=1S/C18H22N4O6S/c1-4-21(5-2)29(26,27)18-11-14(22(24)25)7-8-15(18)20-19-12-13-6-9-16(23)17(10-13)28-3/h6-12,20,23H,4-5H2,1-3H3/b19-12+. The summed E-state index contributed by atoms with van der Waals surface area (Å²) in [6, 6.07) is 8.07. The molecule has 0 saturated heterocycles. The highest BCUT2D eigenvalue weighted by molar-refractivity contribution is 7.89. The van der Waals surface area contributed by atoms with Gasteiger partial charge in [-0.2, -0.15) is 9.41 Å². The normalized spacial score (nSPS) is 11.7. The molecule has 0 bridgehead atoms. The number of rotatable bonds is 9. The van der Waals surface area contributed by atoms with Crippen LogP contribution in [0.4, 0.5) is 11.4 Å². The van der Waals surface area contributed by atoms with Crippen molar-refractivity contribution in [2.24, 2.45) is 5.10 Å². The fourth-order valence-corrected chi connectivity index (χ4v) is 4.20. The number of ether oxygens (including phenoxy) is 1. The van der Waals surface area contributed by atoms with Crippen molar-refractivity contribution in [3.63, 3.8) is 0 Å². The lowest BCUT2D eigenvalue weighted by Crippen LogP contribution is -2.31. The number of hydrogen-bond donors (Lipinski definition) is 2. The van der Waals surface area contributed by atoms with E-state index in [2.05, 4.69) is 10.5 Å². The van der Waals surface area contributed by atoms with Crippen LogP contribution in [0.15, 0.2) is 46.4 Å². The topological polar surface area (TPSA) is 134 Å². The van der Waals surface area contributed by atoms with Gasteiger partial charge in [0.15, 0.2) is 11.5 Å². The summed E-state index contributed by atoms with van der Waals surface area (Å²) in [5.41, 5.74) is 2.97. The Morgan fingerprint density at radius 2 is 1.93 bits per heavy atom. The van der Waals surface area contributed by atoms with Crippen LogP contribution in [0.1, 0.15) is 19.4 Å². The number of hydrogen-bond acceptors (Lipinski definition) is 8. The molecule has 156 valence electrons. The predicted molar refractivity (Wildman–Crippen MR) is 109 cm³/mol. The van der Waals surface area contributed by atoms with Crippen LogP contribution in [0.5, 0.6) is 11.5 Å². The number of benzene rings is 2. The number of hydrazone groups is 1. The molecule has 0 aliphatic rings. The summed E-state index contributed by atoms with van der Waals surface area (Å²) in [5, 5.41) is 24.7. The van der Waals surface area contributed by atoms with Gasteiger partial charge in [-0.05, 0) is 29.8 Å². The van der Waals surface area contributed by atoms with Gasteiger partial charge in [-0.3, -0.25) is 15.5 Å². The van der Waals surface area contributed by atoms with E-state index in [0.29, 0.717) is 5.56 Å². The molecule has 2 rings (SSSR count). The molecule has 0 aliphatic carbocycles. The zero-order chi connectivity index (χ0) is 21.6. The van der Waals surface area contributed by atoms with Gasteiger partial charge in [-0.15, -0.1) is 0 Å². The van der Waals surface area contributed by atoms with E-state index in [1.807, 2.05) is 0 Å². The maximum absolute atomic E-state index is 12.9. The summed E-state index contributed by atoms with van der Waals surface area (Å²) < 4.78 is 32.0. The number of aromatic hydroxyl groups is 1. The fraction of sp³-hybridized carbons (Fsp3) is 0.278. The van der Waals surface area contributed by atoms with E-state index >= 15 is 0 Å². The summed E-state index contributed by atoms with van der Waals surface area (Å²) in [4.78, 5) is 10.2. The van der Waals surface area contributed by atoms with Crippen molar-refractivity contribution in [2.45, 2.75) is 18.7 Å². The molecule has 11 heteroatoms. The Kier molecular flexibility index (Phi) is 7.13. The number of sulfonamides is 1. The number of phenolic OH excluding ortho intramolecular Hbond substituents is 1. The molecule has 0 amide bonds. The van der Waals surface area contributed by atoms with E-state index in [1.165, 1.54) is 35.8 Å². The molecule has 0 spiro atoms. The first-order valence-electron chi connectivity index (χ1n) is 8.69. The number of nitro benzene ring substituents is 1. The molecule has 0 aliphatic heterocycles. The van der Waals surface area contributed by atoms with Gasteiger partial charge < -0.3 is 9.84 Å². The molecule has 2 aromatic rings. The molecule has 0 unspecified atom stereocenters. The van der Waals surface area contributed by atoms with E-state index in [-0.39, 0.29) is 40.9 Å². The van der Waals surface area contributed by atoms with E-state index < -0.39 is 14.9 Å². The molecule has 2 aromatic carbocycles. The second-order valence-electron chi connectivity index (χ2n) is 5.83. The first kappa shape index (κ1) is 22.1. The maximum atomic E-state index is 12.9. The molecule has 0 heterocycles. The Balaban J connectivity index is 2.41. The average molecular weight is 422 g/mol. The number of nitrogens with zero attached hydrogens (tertiary/aromatic N) is 3. The van der Waals surface area contributed by atoms with Crippen molar-refractivity contribution >= 4 is 27.6 Å². The second kappa shape index (κ2) is 9.34. The number of anilines is 1. The second-order valence-corrected chi connectivity index (χ2v) is 7.73. The molecule has 29 heavy (non-hydrogen) atoms. The Bertz CT molecular complexity index is 1020. The number of methoxy groups -OCH3 is 1. The molecule has 0 radical (unpaired) electrons. The minimum Gasteiger partial charge on any atom is -0.504 e. The van der Waals surface area contributed by atoms with Crippen LogP contribution in [0.25, 0.3) is 0 Å². The first-order chi connectivity index (χ1) is 13.7. The highest BCUT2D eigenvalue weighted by Gasteiger charge is 2.27. The third kappa shape index (κ3) is 5.00. The zero-order valence-electron chi connectivity index (χ0n) is 16.2. The van der Waals surface area contributed by atoms with Crippen molar-refractivity contribution in [3.8, 4) is 11.5 Å². The van der Waals surface area contributed by atoms with Crippen molar-refractivity contribution in [3.05, 3.63) is 52.1 Å². The lowest BCUT2D eigenvalue weighted by Gasteiger charge is -2.20. The van der Waals surface area contributed by atoms with Gasteiger partial charge in [0.1, 0.15) is 4.90 Å². The molecule has 0 saturated carbocycles. The third-order valence-corrected chi connectivity index (χ3v) is 6.19. The number of nitrogens with one attached hydrogen (secondary N) is 1. The van der Waals surface area contributed by atoms with Crippen LogP contribution in [-0.4, -0.2) is 49.2 Å². The predicted octanol–water partition coefficient (Wildman–Crippen LogP) is 2.79. The van der Waals surface area contributed by atoms with Crippen molar-refractivity contribution in [1.29, 1.82) is 0 Å². The lowest BCUT2D eigenvalue weighted by atomic mass is 10.2. The molecule has 0 atom stereocenters. The van der Waals surface area contributed by atoms with Crippen LogP contribution in [0.2, 0.25) is 0 Å². The summed E-state index contributed by atoms with van der Waals surface area (Å²) in [5.74, 6) is 0.231. The van der Waals surface area contributed by atoms with Crippen LogP contribution in [0.3, 0.4) is 0 Å². The summed E-state index contributed by atoms with van der Waals surface area (Å²) in [6.07, 6.45) is 1.40. The van der Waals surface area contributed by atoms with Crippen LogP contribution in [0, 0.1) is 10.1 Å². The average Bonchev–Trinajstić information content (AvgIpc) is 2.69. The molecule has 10 nitrogen and oxygen atoms in total. The third-order valence-electron chi connectivity index (χ3n) is 4.10. The SMILES string of the molecule is CCN(CC)S(=O)(=O)c1cc([N+](=O)[O-])ccc1N/N=C/c1ccc(O)c(OC)c1. The number of nitro groups is 1. The molecule has 0 aromatic heterocycles. The highest BCUT2D eigenvalue weighted by Crippen LogP contribution is 2.29. The summed E-state index contributed by atoms with van der Waals surface area (Å²) in [6.45, 7) is 3.80. The quantitative estimate of drug-likeness (QED) is 0.360. The highest BCUT2D eigenvalue weighted by atomic mass is 32.2. The van der Waals surface area contributed by atoms with Gasteiger partial charge in [0.05, 0.1) is 23.9 Å². The number of non-ortho nitro benzene ring substituents is 1. The molecular weight excluding hydrogens is 400 g/mol. The van der Waals surface area contributed by atoms with Crippen molar-refractivity contribution in [2.75, 3.05) is 25.6 Å². The Morgan fingerprint density at radius 1 is 1.24 bits per heavy atom. The number of phenols is 1. The minimum absolute atomic E-state index is 0.0272. The minimum atomic E-state index is -3.96. The molecule has 2 N–H and O–H groups in total. The van der Waals surface area contributed by atoms with Gasteiger partial charge >= 0.3 is 0 Å². The largest absolute Gasteiger partial charge is 0.504 e. The summed E-state index contributed by atoms with van der Waals surface area (Å²) in [7, 11) is -2.55. The zero-order valence-corrected chi connectivity index (χ0v) is 17.0. The van der Waals surface area contributed by atoms with Crippen LogP contribution >= 0.6 is 0 Å². The maximum Gasteiger partial charge on any atom is 0.270 e. The molecule has 0 fully saturated rings. The van der Waals surface area contributed by atoms with Gasteiger partial charge in [0.25, 0.3) is 5.69 Å².